The highest BCUT2D eigenvalue weighted by Gasteiger charge is 2.34. The van der Waals surface area contributed by atoms with Crippen molar-refractivity contribution >= 4 is 5.97 Å². The van der Waals surface area contributed by atoms with Crippen LogP contribution in [-0.2, 0) is 19.2 Å². The molecule has 5 nitrogen and oxygen atoms in total. The number of hydrogen-bond acceptors (Lipinski definition) is 5. The van der Waals surface area contributed by atoms with E-state index in [1.807, 2.05) is 0 Å². The van der Waals surface area contributed by atoms with E-state index in [2.05, 4.69) is 20.8 Å². The van der Waals surface area contributed by atoms with Gasteiger partial charge in [0.25, 0.3) is 0 Å². The summed E-state index contributed by atoms with van der Waals surface area (Å²) in [6.07, 6.45) is 21.8. The molecule has 0 aromatic carbocycles. The van der Waals surface area contributed by atoms with Gasteiger partial charge in [-0.25, -0.2) is 4.89 Å². The van der Waals surface area contributed by atoms with E-state index in [1.165, 1.54) is 83.5 Å². The largest absolute Gasteiger partial charge is 0.463 e. The van der Waals surface area contributed by atoms with Crippen LogP contribution in [0.25, 0.3) is 0 Å². The molecule has 2 unspecified atom stereocenters. The lowest BCUT2D eigenvalue weighted by atomic mass is 9.77. The molecule has 0 heterocycles. The molecule has 0 saturated heterocycles. The van der Waals surface area contributed by atoms with Crippen molar-refractivity contribution in [3.05, 3.63) is 0 Å². The van der Waals surface area contributed by atoms with Crippen molar-refractivity contribution in [1.82, 2.24) is 0 Å². The van der Waals surface area contributed by atoms with E-state index in [0.717, 1.165) is 50.4 Å². The minimum atomic E-state index is -0.467. The number of rotatable bonds is 19. The van der Waals surface area contributed by atoms with E-state index < -0.39 is 12.0 Å². The second kappa shape index (κ2) is 19.4. The number of hydrogen-bond donors (Lipinski definition) is 1. The number of esters is 1. The van der Waals surface area contributed by atoms with Crippen molar-refractivity contribution in [2.45, 2.75) is 155 Å². The lowest BCUT2D eigenvalue weighted by Gasteiger charge is -2.31. The predicted octanol–water partition coefficient (Wildman–Crippen LogP) is 8.74. The fourth-order valence-corrected chi connectivity index (χ4v) is 6.43. The Morgan fingerprint density at radius 3 is 1.89 bits per heavy atom. The molecule has 2 saturated carbocycles. The first-order valence-corrected chi connectivity index (χ1v) is 15.7. The van der Waals surface area contributed by atoms with E-state index in [0.29, 0.717) is 25.2 Å². The Balaban J connectivity index is 1.79. The summed E-state index contributed by atoms with van der Waals surface area (Å²) in [7, 11) is 0. The Hall–Kier alpha value is -0.650. The fourth-order valence-electron chi connectivity index (χ4n) is 6.43. The standard InChI is InChI=1S/C31H58O5/c1-4-7-8-9-10-11-12-13-29(30(36-33)24-27-16-14-25(5-2)15-17-27)31(32)35-23-22-34-28-20-18-26(6-3)19-21-28/h25-30,33H,4-24H2,1-3H3. The lowest BCUT2D eigenvalue weighted by Crippen LogP contribution is -2.35. The lowest BCUT2D eigenvalue weighted by molar-refractivity contribution is -0.294. The highest BCUT2D eigenvalue weighted by molar-refractivity contribution is 5.73. The molecular weight excluding hydrogens is 452 g/mol. The van der Waals surface area contributed by atoms with Gasteiger partial charge in [0.1, 0.15) is 12.7 Å². The quantitative estimate of drug-likeness (QED) is 0.0814. The van der Waals surface area contributed by atoms with Crippen LogP contribution >= 0.6 is 0 Å². The summed E-state index contributed by atoms with van der Waals surface area (Å²) in [5.41, 5.74) is 0. The van der Waals surface area contributed by atoms with Gasteiger partial charge in [0.05, 0.1) is 18.6 Å². The Labute approximate surface area is 222 Å². The molecule has 0 aromatic rings. The van der Waals surface area contributed by atoms with Crippen molar-refractivity contribution in [3.8, 4) is 0 Å². The summed E-state index contributed by atoms with van der Waals surface area (Å²) in [4.78, 5) is 18.1. The maximum atomic E-state index is 13.2. The van der Waals surface area contributed by atoms with Crippen LogP contribution in [-0.4, -0.2) is 36.6 Å². The summed E-state index contributed by atoms with van der Waals surface area (Å²) in [5.74, 6) is 1.59. The molecule has 212 valence electrons. The summed E-state index contributed by atoms with van der Waals surface area (Å²) in [5, 5.41) is 9.82. The van der Waals surface area contributed by atoms with Gasteiger partial charge in [-0.3, -0.25) is 10.1 Å². The summed E-state index contributed by atoms with van der Waals surface area (Å²) in [6, 6.07) is 0. The molecule has 5 heteroatoms. The molecule has 0 aromatic heterocycles. The summed E-state index contributed by atoms with van der Waals surface area (Å²) < 4.78 is 11.7. The van der Waals surface area contributed by atoms with Crippen LogP contribution in [0, 0.1) is 23.7 Å². The third-order valence-electron chi connectivity index (χ3n) is 9.17. The van der Waals surface area contributed by atoms with Crippen LogP contribution in [0.3, 0.4) is 0 Å². The van der Waals surface area contributed by atoms with E-state index in [9.17, 15) is 10.1 Å². The van der Waals surface area contributed by atoms with Gasteiger partial charge in [-0.2, -0.15) is 0 Å². The SMILES string of the molecule is CCCCCCCCCC(C(=O)OCCOC1CCC(CC)CC1)C(CC1CCC(CC)CC1)OO. The zero-order valence-electron chi connectivity index (χ0n) is 23.9. The van der Waals surface area contributed by atoms with Gasteiger partial charge in [-0.15, -0.1) is 0 Å². The number of ether oxygens (including phenoxy) is 2. The fraction of sp³-hybridized carbons (Fsp3) is 0.968. The van der Waals surface area contributed by atoms with Crippen LogP contribution in [0.15, 0.2) is 0 Å². The molecule has 2 atom stereocenters. The smallest absolute Gasteiger partial charge is 0.311 e. The second-order valence-electron chi connectivity index (χ2n) is 11.8. The van der Waals surface area contributed by atoms with Crippen molar-refractivity contribution in [3.63, 3.8) is 0 Å². The maximum Gasteiger partial charge on any atom is 0.311 e. The molecule has 36 heavy (non-hydrogen) atoms. The van der Waals surface area contributed by atoms with E-state index in [4.69, 9.17) is 14.4 Å². The highest BCUT2D eigenvalue weighted by Crippen LogP contribution is 2.35. The van der Waals surface area contributed by atoms with Gasteiger partial charge in [-0.05, 0) is 56.3 Å². The molecule has 2 aliphatic rings. The molecule has 0 amide bonds. The Bertz CT molecular complexity index is 537. The highest BCUT2D eigenvalue weighted by atomic mass is 17.1. The van der Waals surface area contributed by atoms with Crippen LogP contribution in [0.4, 0.5) is 0 Å². The van der Waals surface area contributed by atoms with Crippen LogP contribution in [0.1, 0.15) is 143 Å². The molecule has 2 fully saturated rings. The van der Waals surface area contributed by atoms with Crippen LogP contribution in [0.2, 0.25) is 0 Å². The summed E-state index contributed by atoms with van der Waals surface area (Å²) >= 11 is 0. The van der Waals surface area contributed by atoms with Gasteiger partial charge >= 0.3 is 5.97 Å². The van der Waals surface area contributed by atoms with Crippen molar-refractivity contribution in [2.75, 3.05) is 13.2 Å². The average Bonchev–Trinajstić information content (AvgIpc) is 2.92. The van der Waals surface area contributed by atoms with E-state index in [-0.39, 0.29) is 5.97 Å². The van der Waals surface area contributed by atoms with Crippen molar-refractivity contribution < 1.29 is 24.4 Å². The monoisotopic (exact) mass is 510 g/mol. The van der Waals surface area contributed by atoms with Crippen molar-refractivity contribution in [2.24, 2.45) is 23.7 Å². The van der Waals surface area contributed by atoms with E-state index in [1.54, 1.807) is 0 Å². The van der Waals surface area contributed by atoms with Crippen LogP contribution in [0.5, 0.6) is 0 Å². The first kappa shape index (κ1) is 31.6. The van der Waals surface area contributed by atoms with Gasteiger partial charge < -0.3 is 9.47 Å². The molecule has 0 bridgehead atoms. The van der Waals surface area contributed by atoms with E-state index >= 15 is 0 Å². The predicted molar refractivity (Wildman–Crippen MR) is 147 cm³/mol. The van der Waals surface area contributed by atoms with Gasteiger partial charge in [0.15, 0.2) is 0 Å². The third kappa shape index (κ3) is 12.3. The van der Waals surface area contributed by atoms with Gasteiger partial charge in [0, 0.05) is 0 Å². The second-order valence-corrected chi connectivity index (χ2v) is 11.8. The Morgan fingerprint density at radius 1 is 0.750 bits per heavy atom. The van der Waals surface area contributed by atoms with Crippen molar-refractivity contribution in [1.29, 1.82) is 0 Å². The zero-order chi connectivity index (χ0) is 26.0. The normalized spacial score (nSPS) is 26.4. The molecule has 0 spiro atoms. The topological polar surface area (TPSA) is 65.0 Å². The Kier molecular flexibility index (Phi) is 17.0. The Morgan fingerprint density at radius 2 is 1.31 bits per heavy atom. The molecule has 2 aliphatic carbocycles. The molecule has 2 rings (SSSR count). The first-order valence-electron chi connectivity index (χ1n) is 15.7. The zero-order valence-corrected chi connectivity index (χ0v) is 23.9. The molecular formula is C31H58O5. The minimum Gasteiger partial charge on any atom is -0.463 e. The van der Waals surface area contributed by atoms with Crippen LogP contribution < -0.4 is 0 Å². The van der Waals surface area contributed by atoms with Gasteiger partial charge in [0.2, 0.25) is 0 Å². The molecule has 0 aliphatic heterocycles. The summed E-state index contributed by atoms with van der Waals surface area (Å²) in [6.45, 7) is 7.54. The number of unbranched alkanes of at least 4 members (excludes halogenated alkanes) is 6. The third-order valence-corrected chi connectivity index (χ3v) is 9.17. The maximum absolute atomic E-state index is 13.2. The molecule has 1 N–H and O–H groups in total. The molecule has 0 radical (unpaired) electrons. The number of carbonyl (C=O) groups is 1. The van der Waals surface area contributed by atoms with Gasteiger partial charge in [-0.1, -0.05) is 104 Å². The number of carbonyl (C=O) groups excluding carboxylic acids is 1. The minimum absolute atomic E-state index is 0.222. The first-order chi connectivity index (χ1) is 17.6. The average molecular weight is 511 g/mol.